The molecule has 0 amide bonds. The average Bonchev–Trinajstić information content (AvgIpc) is 2.92. The van der Waals surface area contributed by atoms with E-state index >= 15 is 0 Å². The summed E-state index contributed by atoms with van der Waals surface area (Å²) in [4.78, 5) is 23.6. The lowest BCUT2D eigenvalue weighted by Gasteiger charge is -2.35. The number of methoxy groups -OCH3 is 1. The Bertz CT molecular complexity index is 1020. The van der Waals surface area contributed by atoms with Gasteiger partial charge in [-0.15, -0.1) is 0 Å². The number of para-hydroxylation sites is 1. The summed E-state index contributed by atoms with van der Waals surface area (Å²) in [5.74, 6) is 1.85. The number of ether oxygens (including phenoxy) is 4. The van der Waals surface area contributed by atoms with Crippen molar-refractivity contribution in [3.05, 3.63) is 65.7 Å². The predicted octanol–water partition coefficient (Wildman–Crippen LogP) is 6.17. The van der Waals surface area contributed by atoms with E-state index in [-0.39, 0.29) is 24.6 Å². The van der Waals surface area contributed by atoms with Crippen LogP contribution in [-0.4, -0.2) is 45.0 Å². The molecule has 1 aliphatic carbocycles. The first-order valence-corrected chi connectivity index (χ1v) is 13.4. The summed E-state index contributed by atoms with van der Waals surface area (Å²) in [5, 5.41) is 0. The molecule has 38 heavy (non-hydrogen) atoms. The minimum atomic E-state index is -0.370. The van der Waals surface area contributed by atoms with Gasteiger partial charge in [0.1, 0.15) is 18.5 Å². The summed E-state index contributed by atoms with van der Waals surface area (Å²) in [7, 11) is 1.61. The third-order valence-corrected chi connectivity index (χ3v) is 6.75. The molecular weight excluding hydrogens is 482 g/mol. The first kappa shape index (κ1) is 30.9. The van der Waals surface area contributed by atoms with Gasteiger partial charge >= 0.3 is 11.9 Å². The molecule has 3 rings (SSSR count). The van der Waals surface area contributed by atoms with Gasteiger partial charge in [0.05, 0.1) is 19.3 Å². The molecular formula is C31H43NO6. The van der Waals surface area contributed by atoms with Crippen LogP contribution in [0.5, 0.6) is 5.75 Å². The molecule has 1 aliphatic rings. The number of hydrogen-bond donors (Lipinski definition) is 1. The molecule has 0 spiro atoms. The SMILES string of the molecule is CC(C)C1CCC(C)C(OC(=O)c2ccccc2N)C1.CCOCCOC(=O)/C=C/c1ccc(OC)cc1. The Balaban J connectivity index is 0.000000269. The van der Waals surface area contributed by atoms with Gasteiger partial charge in [0.25, 0.3) is 0 Å². The van der Waals surface area contributed by atoms with Crippen molar-refractivity contribution in [3.8, 4) is 5.75 Å². The minimum Gasteiger partial charge on any atom is -0.497 e. The van der Waals surface area contributed by atoms with E-state index in [4.69, 9.17) is 24.7 Å². The number of nitrogen functional groups attached to an aromatic ring is 1. The highest BCUT2D eigenvalue weighted by molar-refractivity contribution is 5.95. The van der Waals surface area contributed by atoms with Crippen molar-refractivity contribution in [1.82, 2.24) is 0 Å². The van der Waals surface area contributed by atoms with E-state index < -0.39 is 0 Å². The summed E-state index contributed by atoms with van der Waals surface area (Å²) in [6.45, 7) is 9.88. The van der Waals surface area contributed by atoms with Crippen molar-refractivity contribution in [3.63, 3.8) is 0 Å². The van der Waals surface area contributed by atoms with Crippen molar-refractivity contribution in [2.75, 3.05) is 32.7 Å². The Kier molecular flexibility index (Phi) is 13.4. The first-order chi connectivity index (χ1) is 18.2. The van der Waals surface area contributed by atoms with Crippen LogP contribution >= 0.6 is 0 Å². The van der Waals surface area contributed by atoms with Crippen LogP contribution in [0.4, 0.5) is 5.69 Å². The van der Waals surface area contributed by atoms with E-state index in [0.29, 0.717) is 42.2 Å². The second kappa shape index (κ2) is 16.5. The molecule has 0 bridgehead atoms. The van der Waals surface area contributed by atoms with Crippen LogP contribution in [0.15, 0.2) is 54.6 Å². The van der Waals surface area contributed by atoms with Crippen molar-refractivity contribution in [2.45, 2.75) is 53.1 Å². The minimum absolute atomic E-state index is 0.0169. The largest absolute Gasteiger partial charge is 0.497 e. The summed E-state index contributed by atoms with van der Waals surface area (Å²) in [5.41, 5.74) is 7.72. The van der Waals surface area contributed by atoms with Crippen molar-refractivity contribution < 1.29 is 28.5 Å². The second-order valence-corrected chi connectivity index (χ2v) is 9.80. The molecule has 0 aromatic heterocycles. The lowest BCUT2D eigenvalue weighted by Crippen LogP contribution is -2.34. The Hall–Kier alpha value is -3.32. The fourth-order valence-corrected chi connectivity index (χ4v) is 4.24. The Morgan fingerprint density at radius 1 is 1.05 bits per heavy atom. The van der Waals surface area contributed by atoms with E-state index in [9.17, 15) is 9.59 Å². The number of rotatable bonds is 10. The molecule has 1 saturated carbocycles. The molecule has 208 valence electrons. The highest BCUT2D eigenvalue weighted by Crippen LogP contribution is 2.35. The number of carbonyl (C=O) groups is 2. The topological polar surface area (TPSA) is 97.1 Å². The zero-order chi connectivity index (χ0) is 27.9. The average molecular weight is 526 g/mol. The fourth-order valence-electron chi connectivity index (χ4n) is 4.24. The standard InChI is InChI=1S/C17H25NO2.C14H18O4/c1-11(2)13-9-8-12(3)16(10-13)20-17(19)14-6-4-5-7-15(14)18;1-3-17-10-11-18-14(15)9-6-12-4-7-13(16-2)8-5-12/h4-7,11-13,16H,8-10,18H2,1-3H3;4-9H,3,10-11H2,1-2H3/b;9-6+. The molecule has 2 aromatic carbocycles. The molecule has 3 atom stereocenters. The van der Waals surface area contributed by atoms with Gasteiger partial charge in [-0.2, -0.15) is 0 Å². The molecule has 7 nitrogen and oxygen atoms in total. The molecule has 1 fully saturated rings. The lowest BCUT2D eigenvalue weighted by molar-refractivity contribution is -0.139. The monoisotopic (exact) mass is 525 g/mol. The van der Waals surface area contributed by atoms with Crippen LogP contribution in [0, 0.1) is 17.8 Å². The highest BCUT2D eigenvalue weighted by Gasteiger charge is 2.32. The van der Waals surface area contributed by atoms with Gasteiger partial charge < -0.3 is 24.7 Å². The molecule has 0 saturated heterocycles. The van der Waals surface area contributed by atoms with Crippen LogP contribution < -0.4 is 10.5 Å². The van der Waals surface area contributed by atoms with Gasteiger partial charge in [0.2, 0.25) is 0 Å². The Labute approximate surface area is 227 Å². The van der Waals surface area contributed by atoms with Gasteiger partial charge in [-0.05, 0) is 79.8 Å². The molecule has 2 N–H and O–H groups in total. The van der Waals surface area contributed by atoms with Gasteiger partial charge in [-0.1, -0.05) is 45.0 Å². The van der Waals surface area contributed by atoms with Crippen molar-refractivity contribution in [2.24, 2.45) is 17.8 Å². The van der Waals surface area contributed by atoms with Crippen LogP contribution in [-0.2, 0) is 19.0 Å². The molecule has 7 heteroatoms. The summed E-state index contributed by atoms with van der Waals surface area (Å²) in [6, 6.07) is 14.5. The van der Waals surface area contributed by atoms with Crippen molar-refractivity contribution in [1.29, 1.82) is 0 Å². The summed E-state index contributed by atoms with van der Waals surface area (Å²) in [6.07, 6.45) is 6.45. The van der Waals surface area contributed by atoms with Crippen LogP contribution in [0.3, 0.4) is 0 Å². The molecule has 0 radical (unpaired) electrons. The molecule has 0 heterocycles. The number of benzene rings is 2. The maximum absolute atomic E-state index is 12.3. The van der Waals surface area contributed by atoms with Crippen molar-refractivity contribution >= 4 is 23.7 Å². The molecule has 0 aliphatic heterocycles. The number of nitrogens with two attached hydrogens (primary N) is 1. The van der Waals surface area contributed by atoms with Crippen LogP contribution in [0.25, 0.3) is 6.08 Å². The third kappa shape index (κ3) is 10.6. The van der Waals surface area contributed by atoms with E-state index in [1.54, 1.807) is 25.3 Å². The number of carbonyl (C=O) groups excluding carboxylic acids is 2. The lowest BCUT2D eigenvalue weighted by atomic mass is 9.76. The molecule has 2 aromatic rings. The first-order valence-electron chi connectivity index (χ1n) is 13.4. The second-order valence-electron chi connectivity index (χ2n) is 9.80. The maximum Gasteiger partial charge on any atom is 0.340 e. The van der Waals surface area contributed by atoms with E-state index in [0.717, 1.165) is 24.2 Å². The van der Waals surface area contributed by atoms with Gasteiger partial charge in [-0.25, -0.2) is 9.59 Å². The molecule has 3 unspecified atom stereocenters. The Morgan fingerprint density at radius 2 is 1.76 bits per heavy atom. The van der Waals surface area contributed by atoms with Gasteiger partial charge in [-0.3, -0.25) is 0 Å². The Morgan fingerprint density at radius 3 is 2.39 bits per heavy atom. The fraction of sp³-hybridized carbons (Fsp3) is 0.484. The predicted molar refractivity (Wildman–Crippen MR) is 151 cm³/mol. The van der Waals surface area contributed by atoms with Gasteiger partial charge in [0, 0.05) is 18.4 Å². The normalized spacial score (nSPS) is 18.9. The zero-order valence-corrected chi connectivity index (χ0v) is 23.4. The zero-order valence-electron chi connectivity index (χ0n) is 23.4. The summed E-state index contributed by atoms with van der Waals surface area (Å²) >= 11 is 0. The van der Waals surface area contributed by atoms with E-state index in [2.05, 4.69) is 20.8 Å². The third-order valence-electron chi connectivity index (χ3n) is 6.75. The number of hydrogen-bond acceptors (Lipinski definition) is 7. The van der Waals surface area contributed by atoms with Gasteiger partial charge in [0.15, 0.2) is 0 Å². The van der Waals surface area contributed by atoms with Crippen LogP contribution in [0.1, 0.15) is 62.9 Å². The van der Waals surface area contributed by atoms with E-state index in [1.165, 1.54) is 12.5 Å². The maximum atomic E-state index is 12.3. The number of anilines is 1. The number of esters is 2. The quantitative estimate of drug-likeness (QED) is 0.171. The van der Waals surface area contributed by atoms with Crippen LogP contribution in [0.2, 0.25) is 0 Å². The smallest absolute Gasteiger partial charge is 0.340 e. The van der Waals surface area contributed by atoms with E-state index in [1.807, 2.05) is 43.3 Å². The highest BCUT2D eigenvalue weighted by atomic mass is 16.6. The summed E-state index contributed by atoms with van der Waals surface area (Å²) < 4.78 is 20.8.